The van der Waals surface area contributed by atoms with E-state index in [1.165, 1.54) is 23.9 Å². The molecule has 5 nitrogen and oxygen atoms in total. The Labute approximate surface area is 157 Å². The SMILES string of the molecule is CN(C)c1ccc(Cl)cc1CSc1nc2cc3c(cc2[nH]1)OC(F)(F)O3. The van der Waals surface area contributed by atoms with Crippen LogP contribution < -0.4 is 14.4 Å². The number of hydrogen-bond acceptors (Lipinski definition) is 5. The lowest BCUT2D eigenvalue weighted by molar-refractivity contribution is -0.286. The van der Waals surface area contributed by atoms with E-state index < -0.39 is 6.29 Å². The number of aromatic amines is 1. The van der Waals surface area contributed by atoms with Crippen molar-refractivity contribution in [2.45, 2.75) is 17.2 Å². The number of thioether (sulfide) groups is 1. The van der Waals surface area contributed by atoms with Crippen molar-refractivity contribution in [3.8, 4) is 11.5 Å². The third-order valence-electron chi connectivity index (χ3n) is 3.87. The minimum Gasteiger partial charge on any atom is -0.395 e. The maximum absolute atomic E-state index is 13.1. The van der Waals surface area contributed by atoms with Gasteiger partial charge in [0, 0.05) is 42.7 Å². The number of H-pyrrole nitrogens is 1. The van der Waals surface area contributed by atoms with Crippen LogP contribution in [-0.4, -0.2) is 30.4 Å². The average molecular weight is 398 g/mol. The van der Waals surface area contributed by atoms with E-state index >= 15 is 0 Å². The molecule has 4 rings (SSSR count). The van der Waals surface area contributed by atoms with E-state index in [1.54, 1.807) is 0 Å². The molecule has 0 bridgehead atoms. The number of nitrogens with zero attached hydrogens (tertiary/aromatic N) is 2. The smallest absolute Gasteiger partial charge is 0.395 e. The molecule has 0 aliphatic carbocycles. The van der Waals surface area contributed by atoms with Crippen molar-refractivity contribution in [3.63, 3.8) is 0 Å². The van der Waals surface area contributed by atoms with Gasteiger partial charge in [0.15, 0.2) is 16.7 Å². The second kappa shape index (κ2) is 6.21. The van der Waals surface area contributed by atoms with Gasteiger partial charge in [-0.05, 0) is 23.8 Å². The van der Waals surface area contributed by atoms with E-state index in [-0.39, 0.29) is 11.5 Å². The van der Waals surface area contributed by atoms with Gasteiger partial charge < -0.3 is 19.4 Å². The van der Waals surface area contributed by atoms with E-state index in [4.69, 9.17) is 11.6 Å². The van der Waals surface area contributed by atoms with Gasteiger partial charge in [-0.25, -0.2) is 4.98 Å². The Bertz CT molecular complexity index is 949. The molecule has 26 heavy (non-hydrogen) atoms. The number of nitrogens with one attached hydrogen (secondary N) is 1. The predicted molar refractivity (Wildman–Crippen MR) is 97.6 cm³/mol. The number of aromatic nitrogens is 2. The Morgan fingerprint density at radius 3 is 2.65 bits per heavy atom. The highest BCUT2D eigenvalue weighted by molar-refractivity contribution is 7.98. The summed E-state index contributed by atoms with van der Waals surface area (Å²) in [5.41, 5.74) is 3.28. The van der Waals surface area contributed by atoms with E-state index in [2.05, 4.69) is 19.4 Å². The summed E-state index contributed by atoms with van der Waals surface area (Å²) in [7, 11) is 3.94. The summed E-state index contributed by atoms with van der Waals surface area (Å²) in [6.45, 7) is 0. The van der Waals surface area contributed by atoms with Crippen molar-refractivity contribution in [1.29, 1.82) is 0 Å². The number of anilines is 1. The van der Waals surface area contributed by atoms with Crippen molar-refractivity contribution in [3.05, 3.63) is 40.9 Å². The standard InChI is InChI=1S/C17H14ClF2N3O2S/c1-23(2)13-4-3-10(18)5-9(13)8-26-16-21-11-6-14-15(7-12(11)22-16)25-17(19,20)24-14/h3-7H,8H2,1-2H3,(H,21,22). The lowest BCUT2D eigenvalue weighted by atomic mass is 10.2. The summed E-state index contributed by atoms with van der Waals surface area (Å²) in [4.78, 5) is 9.56. The first-order chi connectivity index (χ1) is 12.3. The molecule has 3 aromatic rings. The zero-order valence-corrected chi connectivity index (χ0v) is 15.4. The summed E-state index contributed by atoms with van der Waals surface area (Å²) in [5.74, 6) is 0.626. The van der Waals surface area contributed by atoms with Gasteiger partial charge in [0.25, 0.3) is 0 Å². The van der Waals surface area contributed by atoms with E-state index in [0.29, 0.717) is 27.0 Å². The van der Waals surface area contributed by atoms with Gasteiger partial charge in [0.05, 0.1) is 11.0 Å². The molecule has 0 fully saturated rings. The summed E-state index contributed by atoms with van der Waals surface area (Å²) in [5, 5.41) is 1.34. The summed E-state index contributed by atoms with van der Waals surface area (Å²) in [6.07, 6.45) is -3.63. The second-order valence-electron chi connectivity index (χ2n) is 5.98. The number of rotatable bonds is 4. The van der Waals surface area contributed by atoms with Gasteiger partial charge in [0.2, 0.25) is 0 Å². The number of benzene rings is 2. The number of alkyl halides is 2. The minimum absolute atomic E-state index is 0.00700. The van der Waals surface area contributed by atoms with Crippen LogP contribution in [0, 0.1) is 0 Å². The second-order valence-corrected chi connectivity index (χ2v) is 7.38. The largest absolute Gasteiger partial charge is 0.586 e. The molecule has 2 aromatic carbocycles. The van der Waals surface area contributed by atoms with Crippen LogP contribution in [0.25, 0.3) is 11.0 Å². The van der Waals surface area contributed by atoms with Crippen LogP contribution in [0.3, 0.4) is 0 Å². The topological polar surface area (TPSA) is 50.4 Å². The maximum Gasteiger partial charge on any atom is 0.586 e. The molecule has 1 aromatic heterocycles. The van der Waals surface area contributed by atoms with Gasteiger partial charge >= 0.3 is 6.29 Å². The molecule has 136 valence electrons. The zero-order valence-electron chi connectivity index (χ0n) is 13.8. The molecule has 2 heterocycles. The van der Waals surface area contributed by atoms with Crippen LogP contribution >= 0.6 is 23.4 Å². The van der Waals surface area contributed by atoms with Crippen LogP contribution in [0.1, 0.15) is 5.56 Å². The van der Waals surface area contributed by atoms with Gasteiger partial charge in [-0.15, -0.1) is 8.78 Å². The molecule has 1 aliphatic rings. The highest BCUT2D eigenvalue weighted by Gasteiger charge is 2.43. The zero-order chi connectivity index (χ0) is 18.5. The molecule has 1 N–H and O–H groups in total. The van der Waals surface area contributed by atoms with E-state index in [1.807, 2.05) is 37.2 Å². The lowest BCUT2D eigenvalue weighted by Gasteiger charge is -2.17. The van der Waals surface area contributed by atoms with E-state index in [0.717, 1.165) is 11.3 Å². The fourth-order valence-electron chi connectivity index (χ4n) is 2.75. The van der Waals surface area contributed by atoms with Crippen LogP contribution in [0.4, 0.5) is 14.5 Å². The quantitative estimate of drug-likeness (QED) is 0.635. The van der Waals surface area contributed by atoms with Crippen LogP contribution in [0.5, 0.6) is 11.5 Å². The average Bonchev–Trinajstić information content (AvgIpc) is 3.07. The lowest BCUT2D eigenvalue weighted by Crippen LogP contribution is -2.25. The fourth-order valence-corrected chi connectivity index (χ4v) is 3.81. The van der Waals surface area contributed by atoms with Crippen molar-refractivity contribution in [2.75, 3.05) is 19.0 Å². The number of ether oxygens (including phenoxy) is 2. The molecule has 0 saturated carbocycles. The molecule has 9 heteroatoms. The molecule has 0 spiro atoms. The molecular weight excluding hydrogens is 384 g/mol. The van der Waals surface area contributed by atoms with Crippen molar-refractivity contribution in [2.24, 2.45) is 0 Å². The molecule has 0 radical (unpaired) electrons. The summed E-state index contributed by atoms with van der Waals surface area (Å²) < 4.78 is 35.2. The first-order valence-corrected chi connectivity index (χ1v) is 9.05. The monoisotopic (exact) mass is 397 g/mol. The normalized spacial score (nSPS) is 14.8. The Kier molecular flexibility index (Phi) is 4.11. The fraction of sp³-hybridized carbons (Fsp3) is 0.235. The molecule has 0 unspecified atom stereocenters. The number of hydrogen-bond donors (Lipinski definition) is 1. The third kappa shape index (κ3) is 3.26. The first kappa shape index (κ1) is 17.2. The Hall–Kier alpha value is -2.19. The number of imidazole rings is 1. The third-order valence-corrected chi connectivity index (χ3v) is 5.03. The first-order valence-electron chi connectivity index (χ1n) is 7.69. The molecule has 0 amide bonds. The predicted octanol–water partition coefficient (Wildman–Crippen LogP) is 4.90. The highest BCUT2D eigenvalue weighted by atomic mass is 35.5. The molecule has 0 atom stereocenters. The summed E-state index contributed by atoms with van der Waals surface area (Å²) in [6, 6.07) is 8.65. The van der Waals surface area contributed by atoms with Gasteiger partial charge in [-0.1, -0.05) is 23.4 Å². The minimum atomic E-state index is -3.63. The molecule has 1 aliphatic heterocycles. The van der Waals surface area contributed by atoms with Gasteiger partial charge in [0.1, 0.15) is 0 Å². The number of halogens is 3. The van der Waals surface area contributed by atoms with Gasteiger partial charge in [-0.2, -0.15) is 0 Å². The Morgan fingerprint density at radius 1 is 1.19 bits per heavy atom. The van der Waals surface area contributed by atoms with Crippen LogP contribution in [-0.2, 0) is 5.75 Å². The van der Waals surface area contributed by atoms with E-state index in [9.17, 15) is 8.78 Å². The summed E-state index contributed by atoms with van der Waals surface area (Å²) >= 11 is 7.60. The van der Waals surface area contributed by atoms with Crippen LogP contribution in [0.2, 0.25) is 5.02 Å². The maximum atomic E-state index is 13.1. The van der Waals surface area contributed by atoms with Gasteiger partial charge in [-0.3, -0.25) is 0 Å². The highest BCUT2D eigenvalue weighted by Crippen LogP contribution is 2.43. The Morgan fingerprint density at radius 2 is 1.92 bits per heavy atom. The number of fused-ring (bicyclic) bond motifs is 2. The van der Waals surface area contributed by atoms with Crippen molar-refractivity contribution in [1.82, 2.24) is 9.97 Å². The Balaban J connectivity index is 1.57. The van der Waals surface area contributed by atoms with Crippen molar-refractivity contribution < 1.29 is 18.3 Å². The van der Waals surface area contributed by atoms with Crippen LogP contribution in [0.15, 0.2) is 35.5 Å². The molecule has 0 saturated heterocycles. The van der Waals surface area contributed by atoms with Crippen molar-refractivity contribution >= 4 is 40.1 Å². The molecular formula is C17H14ClF2N3O2S.